The molecule has 2 nitrogen and oxygen atoms in total. The molecule has 1 aliphatic carbocycles. The minimum Gasteiger partial charge on any atom is -0.408 e. The molecule has 0 amide bonds. The molecule has 0 heterocycles. The molecule has 2 rings (SSSR count). The van der Waals surface area contributed by atoms with Gasteiger partial charge in [0.25, 0.3) is 0 Å². The van der Waals surface area contributed by atoms with Crippen molar-refractivity contribution in [3.63, 3.8) is 0 Å². The molecule has 1 aliphatic rings. The summed E-state index contributed by atoms with van der Waals surface area (Å²) < 4.78 is 35.3. The van der Waals surface area contributed by atoms with E-state index in [1.807, 2.05) is 0 Å². The number of hydrogen-bond donors (Lipinski definition) is 1. The lowest BCUT2D eigenvalue weighted by molar-refractivity contribution is 0.0910. The lowest BCUT2D eigenvalue weighted by Gasteiger charge is -2.43. The smallest absolute Gasteiger partial charge is 0.192 e. The predicted octanol–water partition coefficient (Wildman–Crippen LogP) is 6.05. The van der Waals surface area contributed by atoms with Crippen molar-refractivity contribution in [2.75, 3.05) is 13.1 Å². The molecule has 1 aromatic rings. The van der Waals surface area contributed by atoms with Crippen LogP contribution in [0.15, 0.2) is 18.2 Å². The van der Waals surface area contributed by atoms with Crippen molar-refractivity contribution in [3.05, 3.63) is 35.4 Å². The first-order valence-electron chi connectivity index (χ1n) is 10.1. The Labute approximate surface area is 158 Å². The van der Waals surface area contributed by atoms with Crippen molar-refractivity contribution in [1.29, 1.82) is 0 Å². The summed E-state index contributed by atoms with van der Waals surface area (Å²) in [6.07, 6.45) is 1.85. The van der Waals surface area contributed by atoms with E-state index in [4.69, 9.17) is 4.43 Å². The lowest BCUT2D eigenvalue weighted by atomic mass is 9.64. The normalized spacial score (nSPS) is 18.6. The number of halogens is 2. The van der Waals surface area contributed by atoms with E-state index in [-0.39, 0.29) is 5.56 Å². The Morgan fingerprint density at radius 3 is 2.12 bits per heavy atom. The van der Waals surface area contributed by atoms with Crippen molar-refractivity contribution in [2.45, 2.75) is 71.7 Å². The molecule has 1 atom stereocenters. The molecule has 1 saturated carbocycles. The van der Waals surface area contributed by atoms with Gasteiger partial charge >= 0.3 is 0 Å². The van der Waals surface area contributed by atoms with Crippen molar-refractivity contribution in [2.24, 2.45) is 11.3 Å². The SMILES string of the molecule is CC[Si](CC)(CC)OC(CNCC1CC(C)(C)C1)c1c(F)cccc1F. The van der Waals surface area contributed by atoms with E-state index in [2.05, 4.69) is 39.9 Å². The summed E-state index contributed by atoms with van der Waals surface area (Å²) in [6.45, 7) is 12.3. The van der Waals surface area contributed by atoms with E-state index in [9.17, 15) is 8.78 Å². The fraction of sp³-hybridized carbons (Fsp3) is 0.714. The molecule has 1 N–H and O–H groups in total. The van der Waals surface area contributed by atoms with Crippen LogP contribution in [-0.4, -0.2) is 21.4 Å². The molecular weight excluding hydrogens is 348 g/mol. The van der Waals surface area contributed by atoms with Gasteiger partial charge in [0, 0.05) is 6.54 Å². The van der Waals surface area contributed by atoms with Gasteiger partial charge in [-0.3, -0.25) is 0 Å². The number of nitrogens with one attached hydrogen (secondary N) is 1. The molecule has 1 aromatic carbocycles. The van der Waals surface area contributed by atoms with Gasteiger partial charge in [-0.1, -0.05) is 40.7 Å². The summed E-state index contributed by atoms with van der Waals surface area (Å²) >= 11 is 0. The van der Waals surface area contributed by atoms with Crippen LogP contribution in [-0.2, 0) is 4.43 Å². The van der Waals surface area contributed by atoms with Gasteiger partial charge in [0.1, 0.15) is 11.6 Å². The van der Waals surface area contributed by atoms with Gasteiger partial charge in [-0.15, -0.1) is 0 Å². The Morgan fingerprint density at radius 1 is 1.12 bits per heavy atom. The van der Waals surface area contributed by atoms with Gasteiger partial charge in [0.2, 0.25) is 0 Å². The van der Waals surface area contributed by atoms with Crippen LogP contribution in [0.4, 0.5) is 8.78 Å². The van der Waals surface area contributed by atoms with E-state index in [0.29, 0.717) is 17.9 Å². The third-order valence-electron chi connectivity index (χ3n) is 6.09. The van der Waals surface area contributed by atoms with Gasteiger partial charge in [-0.05, 0) is 61.0 Å². The summed E-state index contributed by atoms with van der Waals surface area (Å²) in [6, 6.07) is 6.96. The minimum atomic E-state index is -1.98. The third-order valence-corrected chi connectivity index (χ3v) is 10.7. The summed E-state index contributed by atoms with van der Waals surface area (Å²) in [4.78, 5) is 0. The Balaban J connectivity index is 2.11. The fourth-order valence-electron chi connectivity index (χ4n) is 4.39. The lowest BCUT2D eigenvalue weighted by Crippen LogP contribution is -2.42. The topological polar surface area (TPSA) is 21.3 Å². The Bertz CT molecular complexity index is 553. The second kappa shape index (κ2) is 8.94. The van der Waals surface area contributed by atoms with E-state index in [1.165, 1.54) is 31.0 Å². The predicted molar refractivity (Wildman–Crippen MR) is 107 cm³/mol. The molecule has 5 heteroatoms. The first-order valence-corrected chi connectivity index (χ1v) is 12.6. The maximum absolute atomic E-state index is 14.4. The monoisotopic (exact) mass is 383 g/mol. The average Bonchev–Trinajstić information content (AvgIpc) is 2.57. The molecule has 0 aliphatic heterocycles. The van der Waals surface area contributed by atoms with Crippen molar-refractivity contribution in [3.8, 4) is 0 Å². The van der Waals surface area contributed by atoms with Gasteiger partial charge in [-0.25, -0.2) is 8.78 Å². The van der Waals surface area contributed by atoms with Crippen LogP contribution in [0.2, 0.25) is 18.1 Å². The third kappa shape index (κ3) is 5.14. The van der Waals surface area contributed by atoms with Crippen molar-refractivity contribution < 1.29 is 13.2 Å². The fourth-order valence-corrected chi connectivity index (χ4v) is 7.19. The molecule has 0 spiro atoms. The number of hydrogen-bond acceptors (Lipinski definition) is 2. The van der Waals surface area contributed by atoms with Crippen LogP contribution in [0.5, 0.6) is 0 Å². The van der Waals surface area contributed by atoms with Crippen LogP contribution in [0.25, 0.3) is 0 Å². The molecule has 1 fully saturated rings. The molecule has 1 unspecified atom stereocenters. The van der Waals surface area contributed by atoms with E-state index in [0.717, 1.165) is 24.7 Å². The maximum Gasteiger partial charge on any atom is 0.192 e. The molecule has 0 bridgehead atoms. The molecule has 0 radical (unpaired) electrons. The second-order valence-corrected chi connectivity index (χ2v) is 13.3. The number of rotatable bonds is 10. The zero-order valence-electron chi connectivity index (χ0n) is 17.0. The largest absolute Gasteiger partial charge is 0.408 e. The van der Waals surface area contributed by atoms with Gasteiger partial charge in [-0.2, -0.15) is 0 Å². The average molecular weight is 384 g/mol. The standard InChI is InChI=1S/C21H35F2NOSi/c1-6-26(7-2,8-3)25-19(20-17(22)10-9-11-18(20)23)15-24-14-16-12-21(4,5)13-16/h9-11,16,19,24H,6-8,12-15H2,1-5H3. The Hall–Kier alpha value is -0.783. The molecule has 26 heavy (non-hydrogen) atoms. The summed E-state index contributed by atoms with van der Waals surface area (Å²) in [5, 5.41) is 3.44. The molecule has 148 valence electrons. The van der Waals surface area contributed by atoms with E-state index >= 15 is 0 Å². The maximum atomic E-state index is 14.4. The van der Waals surface area contributed by atoms with Crippen LogP contribution in [0.1, 0.15) is 59.1 Å². The van der Waals surface area contributed by atoms with Crippen LogP contribution in [0.3, 0.4) is 0 Å². The first-order chi connectivity index (χ1) is 12.3. The zero-order chi connectivity index (χ0) is 19.4. The highest BCUT2D eigenvalue weighted by Crippen LogP contribution is 2.44. The van der Waals surface area contributed by atoms with Gasteiger partial charge < -0.3 is 9.74 Å². The molecule has 0 aromatic heterocycles. The first kappa shape index (κ1) is 21.5. The van der Waals surface area contributed by atoms with Crippen LogP contribution < -0.4 is 5.32 Å². The van der Waals surface area contributed by atoms with Crippen LogP contribution in [0, 0.1) is 23.0 Å². The van der Waals surface area contributed by atoms with Crippen molar-refractivity contribution in [1.82, 2.24) is 5.32 Å². The Kier molecular flexibility index (Phi) is 7.40. The van der Waals surface area contributed by atoms with Gasteiger partial charge in [0.15, 0.2) is 8.32 Å². The minimum absolute atomic E-state index is 0.0844. The second-order valence-electron chi connectivity index (χ2n) is 8.58. The van der Waals surface area contributed by atoms with E-state index < -0.39 is 26.1 Å². The highest BCUT2D eigenvalue weighted by molar-refractivity contribution is 6.73. The molecular formula is C21H35F2NOSi. The Morgan fingerprint density at radius 2 is 1.65 bits per heavy atom. The van der Waals surface area contributed by atoms with Crippen LogP contribution >= 0.6 is 0 Å². The van der Waals surface area contributed by atoms with Crippen molar-refractivity contribution >= 4 is 8.32 Å². The zero-order valence-corrected chi connectivity index (χ0v) is 18.0. The van der Waals surface area contributed by atoms with Gasteiger partial charge in [0.05, 0.1) is 11.7 Å². The molecule has 0 saturated heterocycles. The summed E-state index contributed by atoms with van der Waals surface area (Å²) in [5.41, 5.74) is 0.523. The number of benzene rings is 1. The summed E-state index contributed by atoms with van der Waals surface area (Å²) in [5.74, 6) is -0.359. The van der Waals surface area contributed by atoms with E-state index in [1.54, 1.807) is 0 Å². The summed E-state index contributed by atoms with van der Waals surface area (Å²) in [7, 11) is -1.98. The quantitative estimate of drug-likeness (QED) is 0.496. The highest BCUT2D eigenvalue weighted by atomic mass is 28.4. The highest BCUT2D eigenvalue weighted by Gasteiger charge is 2.37.